The lowest BCUT2D eigenvalue weighted by Gasteiger charge is -2.18. The van der Waals surface area contributed by atoms with Crippen LogP contribution < -0.4 is 14.8 Å². The monoisotopic (exact) mass is 375 g/mol. The molecule has 0 aliphatic heterocycles. The minimum atomic E-state index is -0.212. The lowest BCUT2D eigenvalue weighted by Crippen LogP contribution is -2.28. The first-order chi connectivity index (χ1) is 12.3. The fraction of sp³-hybridized carbons (Fsp3) is 0.421. The Balaban J connectivity index is 2.01. The van der Waals surface area contributed by atoms with Crippen molar-refractivity contribution in [2.75, 3.05) is 20.0 Å². The molecule has 0 bridgehead atoms. The summed E-state index contributed by atoms with van der Waals surface area (Å²) >= 11 is 1.33. The highest BCUT2D eigenvalue weighted by atomic mass is 32.2. The molecule has 0 aliphatic carbocycles. The van der Waals surface area contributed by atoms with Gasteiger partial charge in [-0.25, -0.2) is 9.97 Å². The minimum absolute atomic E-state index is 0.0909. The van der Waals surface area contributed by atoms with Gasteiger partial charge in [0.15, 0.2) is 5.16 Å². The molecule has 2 aromatic rings. The van der Waals surface area contributed by atoms with Gasteiger partial charge in [0, 0.05) is 17.0 Å². The number of hydrogen-bond acceptors (Lipinski definition) is 6. The molecule has 7 heteroatoms. The Morgan fingerprint density at radius 1 is 1.15 bits per heavy atom. The molecule has 0 spiro atoms. The molecule has 0 fully saturated rings. The Kier molecular flexibility index (Phi) is 6.85. The van der Waals surface area contributed by atoms with Gasteiger partial charge in [0.2, 0.25) is 5.91 Å². The number of aryl methyl sites for hydroxylation is 2. The molecular formula is C19H25N3O3S. The van der Waals surface area contributed by atoms with Crippen LogP contribution in [0.25, 0.3) is 0 Å². The van der Waals surface area contributed by atoms with Crippen molar-refractivity contribution in [1.82, 2.24) is 15.3 Å². The van der Waals surface area contributed by atoms with Crippen LogP contribution in [-0.4, -0.2) is 35.8 Å². The van der Waals surface area contributed by atoms with E-state index in [1.54, 1.807) is 14.2 Å². The number of hydrogen-bond donors (Lipinski definition) is 1. The third-order valence-corrected chi connectivity index (χ3v) is 5.07. The predicted molar refractivity (Wildman–Crippen MR) is 103 cm³/mol. The van der Waals surface area contributed by atoms with E-state index in [0.717, 1.165) is 28.3 Å². The summed E-state index contributed by atoms with van der Waals surface area (Å²) in [6, 6.07) is 5.31. The fourth-order valence-electron chi connectivity index (χ4n) is 2.47. The summed E-state index contributed by atoms with van der Waals surface area (Å²) in [5, 5.41) is 3.60. The molecule has 140 valence electrons. The van der Waals surface area contributed by atoms with Gasteiger partial charge in [0.25, 0.3) is 0 Å². The van der Waals surface area contributed by atoms with Crippen molar-refractivity contribution in [3.05, 3.63) is 40.7 Å². The quantitative estimate of drug-likeness (QED) is 0.591. The van der Waals surface area contributed by atoms with Gasteiger partial charge in [-0.2, -0.15) is 0 Å². The summed E-state index contributed by atoms with van der Waals surface area (Å²) in [5.41, 5.74) is 3.82. The van der Waals surface area contributed by atoms with E-state index >= 15 is 0 Å². The van der Waals surface area contributed by atoms with Gasteiger partial charge >= 0.3 is 0 Å². The largest absolute Gasteiger partial charge is 0.497 e. The van der Waals surface area contributed by atoms with Gasteiger partial charge in [-0.15, -0.1) is 0 Å². The summed E-state index contributed by atoms with van der Waals surface area (Å²) in [7, 11) is 3.21. The van der Waals surface area contributed by atoms with E-state index in [4.69, 9.17) is 9.47 Å². The molecule has 0 radical (unpaired) electrons. The van der Waals surface area contributed by atoms with E-state index in [-0.39, 0.29) is 17.7 Å². The van der Waals surface area contributed by atoms with Crippen LogP contribution >= 0.6 is 11.8 Å². The van der Waals surface area contributed by atoms with Crippen LogP contribution in [0.2, 0.25) is 0 Å². The van der Waals surface area contributed by atoms with Crippen molar-refractivity contribution < 1.29 is 14.3 Å². The zero-order valence-electron chi connectivity index (χ0n) is 16.0. The Morgan fingerprint density at radius 3 is 2.38 bits per heavy atom. The van der Waals surface area contributed by atoms with Gasteiger partial charge in [-0.3, -0.25) is 4.79 Å². The molecule has 1 N–H and O–H groups in total. The second kappa shape index (κ2) is 8.89. The standard InChI is InChI=1S/C19H25N3O3S/c1-11-12(2)21-19(22-13(11)3)26-10-18(23)20-14(4)16-9-15(24-5)7-8-17(16)25-6/h7-9,14H,10H2,1-6H3,(H,20,23)/t14-/m1/s1. The van der Waals surface area contributed by atoms with Crippen LogP contribution in [-0.2, 0) is 4.79 Å². The van der Waals surface area contributed by atoms with Crippen LogP contribution in [0, 0.1) is 20.8 Å². The fourth-order valence-corrected chi connectivity index (χ4v) is 3.22. The van der Waals surface area contributed by atoms with Crippen LogP contribution in [0.1, 0.15) is 35.5 Å². The van der Waals surface area contributed by atoms with Crippen LogP contribution in [0.3, 0.4) is 0 Å². The summed E-state index contributed by atoms with van der Waals surface area (Å²) < 4.78 is 10.6. The van der Waals surface area contributed by atoms with Gasteiger partial charge in [-0.05, 0) is 51.5 Å². The number of aromatic nitrogens is 2. The van der Waals surface area contributed by atoms with Crippen LogP contribution in [0.4, 0.5) is 0 Å². The van der Waals surface area contributed by atoms with Gasteiger partial charge in [0.05, 0.1) is 26.0 Å². The van der Waals surface area contributed by atoms with Crippen molar-refractivity contribution >= 4 is 17.7 Å². The number of nitrogens with one attached hydrogen (secondary N) is 1. The van der Waals surface area contributed by atoms with Gasteiger partial charge < -0.3 is 14.8 Å². The summed E-state index contributed by atoms with van der Waals surface area (Å²) in [6.07, 6.45) is 0. The molecule has 1 aromatic heterocycles. The minimum Gasteiger partial charge on any atom is -0.497 e. The van der Waals surface area contributed by atoms with Crippen molar-refractivity contribution in [2.24, 2.45) is 0 Å². The number of carbonyl (C=O) groups is 1. The third kappa shape index (κ3) is 4.88. The molecule has 1 aromatic carbocycles. The number of ether oxygens (including phenoxy) is 2. The Bertz CT molecular complexity index is 773. The average molecular weight is 375 g/mol. The third-order valence-electron chi connectivity index (χ3n) is 4.23. The van der Waals surface area contributed by atoms with E-state index < -0.39 is 0 Å². The highest BCUT2D eigenvalue weighted by molar-refractivity contribution is 7.99. The Hall–Kier alpha value is -2.28. The molecular weight excluding hydrogens is 350 g/mol. The number of amides is 1. The molecule has 1 atom stereocenters. The highest BCUT2D eigenvalue weighted by Gasteiger charge is 2.16. The number of carbonyl (C=O) groups excluding carboxylic acids is 1. The maximum Gasteiger partial charge on any atom is 0.230 e. The van der Waals surface area contributed by atoms with Gasteiger partial charge in [0.1, 0.15) is 11.5 Å². The van der Waals surface area contributed by atoms with Gasteiger partial charge in [-0.1, -0.05) is 11.8 Å². The van der Waals surface area contributed by atoms with Crippen molar-refractivity contribution in [3.8, 4) is 11.5 Å². The SMILES string of the molecule is COc1ccc(OC)c([C@@H](C)NC(=O)CSc2nc(C)c(C)c(C)n2)c1. The normalized spacial score (nSPS) is 11.8. The summed E-state index contributed by atoms with van der Waals surface area (Å²) in [6.45, 7) is 7.81. The van der Waals surface area contributed by atoms with E-state index in [2.05, 4.69) is 15.3 Å². The number of nitrogens with zero attached hydrogens (tertiary/aromatic N) is 2. The maximum absolute atomic E-state index is 12.3. The second-order valence-electron chi connectivity index (χ2n) is 5.99. The number of benzene rings is 1. The number of thioether (sulfide) groups is 1. The van der Waals surface area contributed by atoms with Crippen molar-refractivity contribution in [2.45, 2.75) is 38.9 Å². The first-order valence-electron chi connectivity index (χ1n) is 8.31. The van der Waals surface area contributed by atoms with E-state index in [1.165, 1.54) is 11.8 Å². The van der Waals surface area contributed by atoms with E-state index in [9.17, 15) is 4.79 Å². The highest BCUT2D eigenvalue weighted by Crippen LogP contribution is 2.29. The molecule has 1 heterocycles. The maximum atomic E-state index is 12.3. The average Bonchev–Trinajstić information content (AvgIpc) is 2.63. The summed E-state index contributed by atoms with van der Waals surface area (Å²) in [4.78, 5) is 21.2. The smallest absolute Gasteiger partial charge is 0.230 e. The first kappa shape index (κ1) is 20.0. The number of methoxy groups -OCH3 is 2. The van der Waals surface area contributed by atoms with Crippen LogP contribution in [0.15, 0.2) is 23.4 Å². The predicted octanol–water partition coefficient (Wildman–Crippen LogP) is 3.39. The molecule has 1 amide bonds. The molecule has 26 heavy (non-hydrogen) atoms. The Labute approximate surface area is 158 Å². The van der Waals surface area contributed by atoms with Crippen LogP contribution in [0.5, 0.6) is 11.5 Å². The molecule has 0 unspecified atom stereocenters. The van der Waals surface area contributed by atoms with Crippen molar-refractivity contribution in [1.29, 1.82) is 0 Å². The summed E-state index contributed by atoms with van der Waals surface area (Å²) in [5.74, 6) is 1.58. The first-order valence-corrected chi connectivity index (χ1v) is 9.30. The zero-order chi connectivity index (χ0) is 19.3. The number of rotatable bonds is 7. The molecule has 0 saturated heterocycles. The molecule has 2 rings (SSSR count). The second-order valence-corrected chi connectivity index (χ2v) is 6.93. The molecule has 6 nitrogen and oxygen atoms in total. The molecule has 0 aliphatic rings. The topological polar surface area (TPSA) is 73.3 Å². The molecule has 0 saturated carbocycles. The van der Waals surface area contributed by atoms with E-state index in [0.29, 0.717) is 10.9 Å². The Morgan fingerprint density at radius 2 is 1.81 bits per heavy atom. The van der Waals surface area contributed by atoms with Crippen molar-refractivity contribution in [3.63, 3.8) is 0 Å². The van der Waals surface area contributed by atoms with E-state index in [1.807, 2.05) is 45.9 Å². The zero-order valence-corrected chi connectivity index (χ0v) is 16.9. The lowest BCUT2D eigenvalue weighted by molar-refractivity contribution is -0.119. The lowest BCUT2D eigenvalue weighted by atomic mass is 10.1.